The summed E-state index contributed by atoms with van der Waals surface area (Å²) in [7, 11) is 0. The Kier molecular flexibility index (Phi) is 9.27. The lowest BCUT2D eigenvalue weighted by molar-refractivity contribution is -0.384. The van der Waals surface area contributed by atoms with Gasteiger partial charge in [0.25, 0.3) is 11.6 Å². The van der Waals surface area contributed by atoms with Crippen LogP contribution in [0.2, 0.25) is 0 Å². The Morgan fingerprint density at radius 2 is 1.90 bits per heavy atom. The van der Waals surface area contributed by atoms with Crippen molar-refractivity contribution in [1.29, 1.82) is 0 Å². The molecular formula is C27H29N7O4S2. The number of aromatic nitrogens is 4. The van der Waals surface area contributed by atoms with Crippen LogP contribution in [-0.2, 0) is 11.3 Å². The number of thioether (sulfide) groups is 1. The zero-order valence-corrected chi connectivity index (χ0v) is 24.1. The average Bonchev–Trinajstić information content (AvgIpc) is 3.57. The molecule has 0 radical (unpaired) electrons. The maximum absolute atomic E-state index is 12.9. The predicted octanol–water partition coefficient (Wildman–Crippen LogP) is 5.50. The molecule has 11 nitrogen and oxygen atoms in total. The van der Waals surface area contributed by atoms with Crippen molar-refractivity contribution in [2.75, 3.05) is 11.1 Å². The third-order valence-electron chi connectivity index (χ3n) is 6.04. The molecule has 2 N–H and O–H groups in total. The van der Waals surface area contributed by atoms with Gasteiger partial charge in [-0.3, -0.25) is 19.7 Å². The first-order chi connectivity index (χ1) is 19.2. The molecular weight excluding hydrogens is 550 g/mol. The summed E-state index contributed by atoms with van der Waals surface area (Å²) in [5.41, 5.74) is 2.76. The smallest absolute Gasteiger partial charge is 0.270 e. The maximum Gasteiger partial charge on any atom is 0.270 e. The van der Waals surface area contributed by atoms with Crippen LogP contribution in [0.25, 0.3) is 11.3 Å². The lowest BCUT2D eigenvalue weighted by Gasteiger charge is -2.22. The van der Waals surface area contributed by atoms with Crippen LogP contribution in [0.15, 0.2) is 59.1 Å². The highest BCUT2D eigenvalue weighted by atomic mass is 32.2. The Labute approximate surface area is 239 Å². The number of amides is 2. The van der Waals surface area contributed by atoms with Gasteiger partial charge in [0, 0.05) is 35.2 Å². The Hall–Kier alpha value is -4.10. The molecule has 40 heavy (non-hydrogen) atoms. The number of hydrogen-bond donors (Lipinski definition) is 2. The molecule has 0 aliphatic carbocycles. The standard InChI is InChI=1S/C27H29N7O4S2/c1-5-33-24(23(16(2)3)30-25(36)18-11-9-17(4)10-12-18)31-32-27(33)40-15-22(35)29-26-28-21(14-39-26)19-7-6-8-20(13-19)34(37)38/h6-14,16,23H,5,15H2,1-4H3,(H,30,36)(H,28,29,35). The molecule has 4 rings (SSSR count). The van der Waals surface area contributed by atoms with E-state index >= 15 is 0 Å². The largest absolute Gasteiger partial charge is 0.342 e. The molecule has 0 fully saturated rings. The third-order valence-corrected chi connectivity index (χ3v) is 7.77. The number of nitro groups is 1. The van der Waals surface area contributed by atoms with E-state index in [9.17, 15) is 19.7 Å². The molecule has 2 amide bonds. The monoisotopic (exact) mass is 579 g/mol. The minimum atomic E-state index is -0.461. The van der Waals surface area contributed by atoms with E-state index in [-0.39, 0.29) is 35.2 Å². The van der Waals surface area contributed by atoms with Gasteiger partial charge in [0.15, 0.2) is 16.1 Å². The molecule has 208 valence electrons. The van der Waals surface area contributed by atoms with E-state index in [0.29, 0.717) is 39.5 Å². The van der Waals surface area contributed by atoms with Crippen LogP contribution in [0, 0.1) is 23.0 Å². The van der Waals surface area contributed by atoms with Gasteiger partial charge >= 0.3 is 0 Å². The first-order valence-corrected chi connectivity index (χ1v) is 14.5. The number of aryl methyl sites for hydroxylation is 1. The summed E-state index contributed by atoms with van der Waals surface area (Å²) in [5, 5.41) is 28.3. The number of anilines is 1. The first kappa shape index (κ1) is 28.9. The molecule has 0 saturated heterocycles. The number of nitrogens with zero attached hydrogens (tertiary/aromatic N) is 5. The number of nitro benzene ring substituents is 1. The van der Waals surface area contributed by atoms with E-state index in [1.54, 1.807) is 29.6 Å². The molecule has 1 atom stereocenters. The van der Waals surface area contributed by atoms with Crippen molar-refractivity contribution in [2.24, 2.45) is 5.92 Å². The van der Waals surface area contributed by atoms with Crippen molar-refractivity contribution in [2.45, 2.75) is 45.4 Å². The quantitative estimate of drug-likeness (QED) is 0.135. The van der Waals surface area contributed by atoms with Gasteiger partial charge in [-0.1, -0.05) is 55.4 Å². The topological polar surface area (TPSA) is 145 Å². The van der Waals surface area contributed by atoms with Gasteiger partial charge in [-0.25, -0.2) is 4.98 Å². The molecule has 0 saturated carbocycles. The second-order valence-electron chi connectivity index (χ2n) is 9.33. The van der Waals surface area contributed by atoms with E-state index in [1.807, 2.05) is 44.4 Å². The Morgan fingerprint density at radius 3 is 2.58 bits per heavy atom. The molecule has 0 bridgehead atoms. The van der Waals surface area contributed by atoms with Crippen LogP contribution in [0.4, 0.5) is 10.8 Å². The third kappa shape index (κ3) is 6.90. The molecule has 2 aromatic heterocycles. The Bertz CT molecular complexity index is 1520. The maximum atomic E-state index is 12.9. The number of thiazole rings is 1. The number of hydrogen-bond acceptors (Lipinski definition) is 9. The summed E-state index contributed by atoms with van der Waals surface area (Å²) in [5.74, 6) is 0.292. The normalized spacial score (nSPS) is 11.8. The van der Waals surface area contributed by atoms with Crippen LogP contribution in [0.3, 0.4) is 0 Å². The van der Waals surface area contributed by atoms with E-state index < -0.39 is 4.92 Å². The van der Waals surface area contributed by atoms with E-state index in [0.717, 1.165) is 5.56 Å². The molecule has 2 aromatic carbocycles. The fourth-order valence-corrected chi connectivity index (χ4v) is 5.47. The van der Waals surface area contributed by atoms with Crippen LogP contribution in [0.1, 0.15) is 48.6 Å². The summed E-state index contributed by atoms with van der Waals surface area (Å²) in [6, 6.07) is 13.2. The summed E-state index contributed by atoms with van der Waals surface area (Å²) in [6.07, 6.45) is 0. The van der Waals surface area contributed by atoms with Gasteiger partial charge in [0.2, 0.25) is 5.91 Å². The summed E-state index contributed by atoms with van der Waals surface area (Å²) < 4.78 is 1.90. The highest BCUT2D eigenvalue weighted by Crippen LogP contribution is 2.29. The molecule has 1 unspecified atom stereocenters. The summed E-state index contributed by atoms with van der Waals surface area (Å²) >= 11 is 2.48. The second-order valence-corrected chi connectivity index (χ2v) is 11.1. The summed E-state index contributed by atoms with van der Waals surface area (Å²) in [4.78, 5) is 40.6. The van der Waals surface area contributed by atoms with Gasteiger partial charge in [0.1, 0.15) is 0 Å². The number of carbonyl (C=O) groups is 2. The number of benzene rings is 2. The molecule has 4 aromatic rings. The number of non-ortho nitro benzene ring substituents is 1. The van der Waals surface area contributed by atoms with Crippen LogP contribution < -0.4 is 10.6 Å². The van der Waals surface area contributed by atoms with E-state index in [1.165, 1.54) is 35.2 Å². The van der Waals surface area contributed by atoms with Crippen molar-refractivity contribution in [3.8, 4) is 11.3 Å². The molecule has 0 aliphatic rings. The number of carbonyl (C=O) groups excluding carboxylic acids is 2. The van der Waals surface area contributed by atoms with Crippen molar-refractivity contribution < 1.29 is 14.5 Å². The van der Waals surface area contributed by atoms with E-state index in [2.05, 4.69) is 25.8 Å². The minimum Gasteiger partial charge on any atom is -0.342 e. The van der Waals surface area contributed by atoms with Crippen molar-refractivity contribution in [3.63, 3.8) is 0 Å². The lowest BCUT2D eigenvalue weighted by Crippen LogP contribution is -2.33. The highest BCUT2D eigenvalue weighted by molar-refractivity contribution is 7.99. The van der Waals surface area contributed by atoms with Crippen molar-refractivity contribution >= 4 is 45.7 Å². The Balaban J connectivity index is 1.40. The Morgan fingerprint density at radius 1 is 1.15 bits per heavy atom. The summed E-state index contributed by atoms with van der Waals surface area (Å²) in [6.45, 7) is 8.50. The van der Waals surface area contributed by atoms with Crippen LogP contribution in [-0.4, -0.2) is 42.2 Å². The van der Waals surface area contributed by atoms with Crippen LogP contribution in [0.5, 0.6) is 0 Å². The first-order valence-electron chi connectivity index (χ1n) is 12.6. The molecule has 13 heteroatoms. The van der Waals surface area contributed by atoms with E-state index in [4.69, 9.17) is 0 Å². The zero-order chi connectivity index (χ0) is 28.8. The van der Waals surface area contributed by atoms with Gasteiger partial charge < -0.3 is 15.2 Å². The average molecular weight is 580 g/mol. The SMILES string of the molecule is CCn1c(SCC(=O)Nc2nc(-c3cccc([N+](=O)[O-])c3)cs2)nnc1C(NC(=O)c1ccc(C)cc1)C(C)C. The molecule has 0 aliphatic heterocycles. The van der Waals surface area contributed by atoms with Gasteiger partial charge in [0.05, 0.1) is 22.4 Å². The van der Waals surface area contributed by atoms with Crippen molar-refractivity contribution in [3.05, 3.63) is 81.0 Å². The van der Waals surface area contributed by atoms with Crippen molar-refractivity contribution in [1.82, 2.24) is 25.1 Å². The predicted molar refractivity (Wildman–Crippen MR) is 155 cm³/mol. The van der Waals surface area contributed by atoms with Gasteiger partial charge in [-0.15, -0.1) is 21.5 Å². The van der Waals surface area contributed by atoms with Gasteiger partial charge in [-0.2, -0.15) is 0 Å². The fraction of sp³-hybridized carbons (Fsp3) is 0.296. The van der Waals surface area contributed by atoms with Gasteiger partial charge in [-0.05, 0) is 31.9 Å². The lowest BCUT2D eigenvalue weighted by atomic mass is 10.0. The second kappa shape index (κ2) is 12.8. The molecule has 0 spiro atoms. The zero-order valence-electron chi connectivity index (χ0n) is 22.5. The molecule has 2 heterocycles. The number of nitrogens with one attached hydrogen (secondary N) is 2. The number of rotatable bonds is 11. The van der Waals surface area contributed by atoms with Crippen LogP contribution >= 0.6 is 23.1 Å². The highest BCUT2D eigenvalue weighted by Gasteiger charge is 2.26. The fourth-order valence-electron chi connectivity index (χ4n) is 3.92. The minimum absolute atomic E-state index is 0.0266.